The molecule has 0 spiro atoms. The second kappa shape index (κ2) is 11.9. The third kappa shape index (κ3) is 5.33. The van der Waals surface area contributed by atoms with Crippen molar-refractivity contribution in [1.29, 1.82) is 0 Å². The summed E-state index contributed by atoms with van der Waals surface area (Å²) in [5.74, 6) is 2.71. The topological polar surface area (TPSA) is 60.4 Å². The number of methoxy groups -OCH3 is 1. The van der Waals surface area contributed by atoms with Crippen LogP contribution in [0.4, 0.5) is 34.4 Å². The van der Waals surface area contributed by atoms with Gasteiger partial charge in [-0.25, -0.2) is 15.0 Å². The number of anilines is 6. The van der Waals surface area contributed by atoms with E-state index in [2.05, 4.69) is 108 Å². The van der Waals surface area contributed by atoms with E-state index in [1.165, 1.54) is 5.69 Å². The zero-order valence-electron chi connectivity index (χ0n) is 25.1. The largest absolute Gasteiger partial charge is 0.497 e. The van der Waals surface area contributed by atoms with E-state index in [1.54, 1.807) is 13.4 Å². The minimum Gasteiger partial charge on any atom is -0.497 e. The molecule has 9 heteroatoms. The van der Waals surface area contributed by atoms with Gasteiger partial charge >= 0.3 is 0 Å². The molecule has 42 heavy (non-hydrogen) atoms. The molecule has 0 saturated carbocycles. The maximum absolute atomic E-state index is 5.72. The number of hydrogen-bond donors (Lipinski definition) is 0. The Balaban J connectivity index is 1.42. The summed E-state index contributed by atoms with van der Waals surface area (Å²) in [6, 6.07) is 23.5. The number of rotatable bonds is 8. The van der Waals surface area contributed by atoms with E-state index >= 15 is 0 Å². The number of hydrogen-bond acceptors (Lipinski definition) is 9. The van der Waals surface area contributed by atoms with Crippen LogP contribution >= 0.6 is 0 Å². The van der Waals surface area contributed by atoms with E-state index in [-0.39, 0.29) is 0 Å². The summed E-state index contributed by atoms with van der Waals surface area (Å²) in [5.41, 5.74) is 7.93. The van der Waals surface area contributed by atoms with E-state index in [0.717, 1.165) is 77.2 Å². The number of morpholine rings is 1. The van der Waals surface area contributed by atoms with Gasteiger partial charge in [0.15, 0.2) is 5.82 Å². The van der Waals surface area contributed by atoms with Crippen LogP contribution in [0.5, 0.6) is 5.75 Å². The van der Waals surface area contributed by atoms with Gasteiger partial charge in [-0.05, 0) is 66.1 Å². The Morgan fingerprint density at radius 2 is 1.60 bits per heavy atom. The Morgan fingerprint density at radius 3 is 2.31 bits per heavy atom. The maximum atomic E-state index is 5.72. The lowest BCUT2D eigenvalue weighted by Gasteiger charge is -2.37. The van der Waals surface area contributed by atoms with Crippen molar-refractivity contribution in [2.24, 2.45) is 0 Å². The van der Waals surface area contributed by atoms with Crippen molar-refractivity contribution in [2.45, 2.75) is 6.42 Å². The van der Waals surface area contributed by atoms with Gasteiger partial charge in [0, 0.05) is 64.8 Å². The van der Waals surface area contributed by atoms with Crippen LogP contribution in [0.2, 0.25) is 0 Å². The van der Waals surface area contributed by atoms with Crippen molar-refractivity contribution < 1.29 is 9.47 Å². The van der Waals surface area contributed by atoms with Crippen LogP contribution in [-0.4, -0.2) is 83.1 Å². The lowest BCUT2D eigenvalue weighted by molar-refractivity contribution is 0.122. The first-order valence-electron chi connectivity index (χ1n) is 14.4. The van der Waals surface area contributed by atoms with Gasteiger partial charge in [-0.15, -0.1) is 0 Å². The quantitative estimate of drug-likeness (QED) is 0.263. The Labute approximate surface area is 248 Å². The molecule has 0 aliphatic carbocycles. The van der Waals surface area contributed by atoms with Crippen molar-refractivity contribution >= 4 is 34.4 Å². The molecule has 0 atom stereocenters. The van der Waals surface area contributed by atoms with Crippen LogP contribution in [0.15, 0.2) is 73.1 Å². The molecule has 3 aromatic carbocycles. The SMILES string of the molecule is COc1cccc(-c2ccc(N(c3ncnc4c3CCN4c3ccc(N(C)C)cc3)N(C)C)c(N3CCOCC3)c2)c1. The molecule has 0 bridgehead atoms. The van der Waals surface area contributed by atoms with Crippen molar-refractivity contribution in [3.05, 3.63) is 78.6 Å². The van der Waals surface area contributed by atoms with E-state index < -0.39 is 0 Å². The monoisotopic (exact) mass is 565 g/mol. The van der Waals surface area contributed by atoms with E-state index in [9.17, 15) is 0 Å². The maximum Gasteiger partial charge on any atom is 0.156 e. The van der Waals surface area contributed by atoms with Gasteiger partial charge in [-0.3, -0.25) is 5.01 Å². The standard InChI is InChI=1S/C33H39N7O2/c1-36(2)26-10-12-27(13-11-26)39-16-15-29-32(39)34-23-35-33(29)40(37(3)4)30-14-9-25(24-7-6-8-28(21-24)41-5)22-31(30)38-17-19-42-20-18-38/h6-14,21-23H,15-20H2,1-5H3. The van der Waals surface area contributed by atoms with Crippen LogP contribution in [0.25, 0.3) is 11.1 Å². The van der Waals surface area contributed by atoms with Gasteiger partial charge in [0.2, 0.25) is 0 Å². The second-order valence-corrected chi connectivity index (χ2v) is 11.0. The molecule has 1 fully saturated rings. The van der Waals surface area contributed by atoms with Crippen LogP contribution in [0.3, 0.4) is 0 Å². The lowest BCUT2D eigenvalue weighted by Crippen LogP contribution is -2.39. The predicted molar refractivity (Wildman–Crippen MR) is 171 cm³/mol. The molecule has 9 nitrogen and oxygen atoms in total. The minimum atomic E-state index is 0.704. The van der Waals surface area contributed by atoms with Crippen LogP contribution < -0.4 is 24.4 Å². The molecular weight excluding hydrogens is 526 g/mol. The number of benzene rings is 3. The number of ether oxygens (including phenoxy) is 2. The highest BCUT2D eigenvalue weighted by molar-refractivity contribution is 5.84. The Bertz CT molecular complexity index is 1530. The van der Waals surface area contributed by atoms with Crippen molar-refractivity contribution in [1.82, 2.24) is 15.0 Å². The lowest BCUT2D eigenvalue weighted by atomic mass is 10.0. The smallest absolute Gasteiger partial charge is 0.156 e. The minimum absolute atomic E-state index is 0.704. The Morgan fingerprint density at radius 1 is 0.833 bits per heavy atom. The molecule has 4 aromatic rings. The van der Waals surface area contributed by atoms with Crippen molar-refractivity contribution in [3.63, 3.8) is 0 Å². The van der Waals surface area contributed by atoms with Crippen molar-refractivity contribution in [3.8, 4) is 16.9 Å². The van der Waals surface area contributed by atoms with Crippen LogP contribution in [0.1, 0.15) is 5.56 Å². The first-order chi connectivity index (χ1) is 20.4. The first-order valence-corrected chi connectivity index (χ1v) is 14.4. The zero-order valence-corrected chi connectivity index (χ0v) is 25.1. The summed E-state index contributed by atoms with van der Waals surface area (Å²) < 4.78 is 11.2. The molecule has 0 N–H and O–H groups in total. The van der Waals surface area contributed by atoms with E-state index in [1.807, 2.05) is 12.1 Å². The number of nitrogens with zero attached hydrogens (tertiary/aromatic N) is 7. The molecule has 0 unspecified atom stereocenters. The zero-order chi connectivity index (χ0) is 29.2. The summed E-state index contributed by atoms with van der Waals surface area (Å²) in [7, 11) is 9.96. The third-order valence-electron chi connectivity index (χ3n) is 7.98. The summed E-state index contributed by atoms with van der Waals surface area (Å²) in [4.78, 5) is 16.5. The summed E-state index contributed by atoms with van der Waals surface area (Å²) in [6.07, 6.45) is 2.55. The molecule has 1 saturated heterocycles. The van der Waals surface area contributed by atoms with Crippen LogP contribution in [-0.2, 0) is 11.2 Å². The number of fused-ring (bicyclic) bond motifs is 1. The highest BCUT2D eigenvalue weighted by atomic mass is 16.5. The Hall–Kier alpha value is -4.34. The molecule has 2 aliphatic rings. The van der Waals surface area contributed by atoms with E-state index in [4.69, 9.17) is 19.4 Å². The van der Waals surface area contributed by atoms with Gasteiger partial charge in [0.05, 0.1) is 31.7 Å². The average Bonchev–Trinajstić information content (AvgIpc) is 3.47. The third-order valence-corrected chi connectivity index (χ3v) is 7.98. The van der Waals surface area contributed by atoms with Crippen LogP contribution in [0, 0.1) is 0 Å². The molecule has 0 amide bonds. The first kappa shape index (κ1) is 27.8. The number of aromatic nitrogens is 2. The molecule has 3 heterocycles. The van der Waals surface area contributed by atoms with Gasteiger partial charge < -0.3 is 24.2 Å². The highest BCUT2D eigenvalue weighted by Crippen LogP contribution is 2.43. The van der Waals surface area contributed by atoms with Crippen molar-refractivity contribution in [2.75, 3.05) is 87.9 Å². The molecule has 2 aliphatic heterocycles. The highest BCUT2D eigenvalue weighted by Gasteiger charge is 2.31. The molecule has 1 aromatic heterocycles. The second-order valence-electron chi connectivity index (χ2n) is 11.0. The van der Waals surface area contributed by atoms with Gasteiger partial charge in [0.25, 0.3) is 0 Å². The molecule has 0 radical (unpaired) electrons. The normalized spacial score (nSPS) is 14.7. The molecule has 6 rings (SSSR count). The fraction of sp³-hybridized carbons (Fsp3) is 0.333. The summed E-state index contributed by atoms with van der Waals surface area (Å²) in [6.45, 7) is 3.92. The Kier molecular flexibility index (Phi) is 7.86. The average molecular weight is 566 g/mol. The number of hydrazine groups is 1. The molecular formula is C33H39N7O2. The summed E-state index contributed by atoms with van der Waals surface area (Å²) >= 11 is 0. The summed E-state index contributed by atoms with van der Waals surface area (Å²) in [5, 5.41) is 4.33. The molecule has 218 valence electrons. The fourth-order valence-electron chi connectivity index (χ4n) is 5.81. The van der Waals surface area contributed by atoms with E-state index in [0.29, 0.717) is 13.2 Å². The van der Waals surface area contributed by atoms with Gasteiger partial charge in [0.1, 0.15) is 17.9 Å². The van der Waals surface area contributed by atoms with Gasteiger partial charge in [-0.1, -0.05) is 18.2 Å². The fourth-order valence-corrected chi connectivity index (χ4v) is 5.81. The predicted octanol–water partition coefficient (Wildman–Crippen LogP) is 5.36. The van der Waals surface area contributed by atoms with Gasteiger partial charge in [-0.2, -0.15) is 0 Å².